The van der Waals surface area contributed by atoms with Crippen LogP contribution in [0, 0.1) is 0 Å². The molecular formula is C45H88. The van der Waals surface area contributed by atoms with Gasteiger partial charge in [0, 0.05) is 0 Å². The molecule has 0 spiro atoms. The summed E-state index contributed by atoms with van der Waals surface area (Å²) in [6.07, 6.45) is 62.1. The van der Waals surface area contributed by atoms with E-state index >= 15 is 0 Å². The molecule has 0 nitrogen and oxygen atoms in total. The predicted octanol–water partition coefficient (Wildman–Crippen LogP) is 17.4. The maximum atomic E-state index is 2.56. The Morgan fingerprint density at radius 2 is 0.556 bits per heavy atom. The molecule has 0 saturated heterocycles. The summed E-state index contributed by atoms with van der Waals surface area (Å²) in [5.41, 5.74) is 1.60. The van der Waals surface area contributed by atoms with Gasteiger partial charge in [0.15, 0.2) is 0 Å². The molecule has 0 aliphatic rings. The molecule has 0 unspecified atom stereocenters. The van der Waals surface area contributed by atoms with Crippen molar-refractivity contribution in [1.29, 1.82) is 0 Å². The molecule has 45 heavy (non-hydrogen) atoms. The molecule has 0 heterocycles. The van der Waals surface area contributed by atoms with Crippen LogP contribution in [0.25, 0.3) is 0 Å². The van der Waals surface area contributed by atoms with E-state index in [0.717, 1.165) is 0 Å². The van der Waals surface area contributed by atoms with Gasteiger partial charge in [0.25, 0.3) is 0 Å². The molecule has 0 amide bonds. The molecule has 0 bridgehead atoms. The summed E-state index contributed by atoms with van der Waals surface area (Å²) in [5, 5.41) is 0. The molecule has 0 aromatic rings. The van der Waals surface area contributed by atoms with Gasteiger partial charge >= 0.3 is 0 Å². The highest BCUT2D eigenvalue weighted by molar-refractivity contribution is 5.18. The Labute approximate surface area is 287 Å². The second-order valence-electron chi connectivity index (χ2n) is 14.8. The van der Waals surface area contributed by atoms with Crippen LogP contribution in [0.15, 0.2) is 23.8 Å². The first-order valence-corrected chi connectivity index (χ1v) is 21.7. The quantitative estimate of drug-likeness (QED) is 0.0469. The first-order chi connectivity index (χ1) is 22.3. The minimum atomic E-state index is 1.26. The van der Waals surface area contributed by atoms with E-state index in [2.05, 4.69) is 39.0 Å². The molecule has 0 aliphatic heterocycles. The van der Waals surface area contributed by atoms with Crippen molar-refractivity contribution in [2.24, 2.45) is 0 Å². The van der Waals surface area contributed by atoms with Gasteiger partial charge in [-0.15, -0.1) is 0 Å². The van der Waals surface area contributed by atoms with E-state index in [4.69, 9.17) is 0 Å². The fourth-order valence-electron chi connectivity index (χ4n) is 6.92. The lowest BCUT2D eigenvalue weighted by molar-refractivity contribution is 0.527. The van der Waals surface area contributed by atoms with Crippen LogP contribution < -0.4 is 0 Å². The lowest BCUT2D eigenvalue weighted by Gasteiger charge is -2.04. The standard InChI is InChI=1S/C45H88/c1-4-7-9-11-13-15-17-19-21-23-25-27-29-31-33-35-37-39-41-44-45(42-6-3)43-40-38-36-34-32-30-28-26-24-22-20-18-16-14-12-10-8-5-2/h41,43-44H,4-40,42H2,1-3H3. The van der Waals surface area contributed by atoms with E-state index in [-0.39, 0.29) is 0 Å². The molecule has 0 rings (SSSR count). The van der Waals surface area contributed by atoms with Gasteiger partial charge in [-0.2, -0.15) is 0 Å². The zero-order chi connectivity index (χ0) is 32.6. The zero-order valence-electron chi connectivity index (χ0n) is 32.1. The molecule has 0 aliphatic carbocycles. The Hall–Kier alpha value is -0.520. The van der Waals surface area contributed by atoms with E-state index in [1.165, 1.54) is 244 Å². The van der Waals surface area contributed by atoms with Crippen molar-refractivity contribution in [3.63, 3.8) is 0 Å². The molecular weight excluding hydrogens is 540 g/mol. The highest BCUT2D eigenvalue weighted by atomic mass is 14.0. The number of rotatable bonds is 39. The highest BCUT2D eigenvalue weighted by Gasteiger charge is 1.97. The first-order valence-electron chi connectivity index (χ1n) is 21.7. The smallest absolute Gasteiger partial charge is 0.0285 e. The zero-order valence-corrected chi connectivity index (χ0v) is 32.1. The lowest BCUT2D eigenvalue weighted by atomic mass is 10.0. The van der Waals surface area contributed by atoms with E-state index in [9.17, 15) is 0 Å². The summed E-state index contributed by atoms with van der Waals surface area (Å²) in [6.45, 7) is 6.94. The molecule has 0 aromatic carbocycles. The molecule has 268 valence electrons. The number of hydrogen-bond donors (Lipinski definition) is 0. The Morgan fingerprint density at radius 3 is 0.844 bits per heavy atom. The van der Waals surface area contributed by atoms with Gasteiger partial charge in [-0.05, 0) is 32.1 Å². The molecule has 0 saturated carbocycles. The summed E-state index contributed by atoms with van der Waals surface area (Å²) in [7, 11) is 0. The summed E-state index contributed by atoms with van der Waals surface area (Å²) >= 11 is 0. The number of unbranched alkanes of at least 4 members (excludes halogenated alkanes) is 34. The highest BCUT2D eigenvalue weighted by Crippen LogP contribution is 2.17. The monoisotopic (exact) mass is 629 g/mol. The van der Waals surface area contributed by atoms with Crippen LogP contribution in [0.4, 0.5) is 0 Å². The Kier molecular flexibility index (Phi) is 41.0. The van der Waals surface area contributed by atoms with Crippen LogP contribution in [0.1, 0.15) is 265 Å². The minimum absolute atomic E-state index is 1.26. The molecule has 0 aromatic heterocycles. The topological polar surface area (TPSA) is 0 Å². The Morgan fingerprint density at radius 1 is 0.289 bits per heavy atom. The maximum absolute atomic E-state index is 2.56. The molecule has 0 N–H and O–H groups in total. The fraction of sp³-hybridized carbons (Fsp3) is 0.911. The van der Waals surface area contributed by atoms with Gasteiger partial charge in [0.05, 0.1) is 0 Å². The van der Waals surface area contributed by atoms with Crippen molar-refractivity contribution >= 4 is 0 Å². The summed E-state index contributed by atoms with van der Waals surface area (Å²) in [4.78, 5) is 0. The number of hydrogen-bond acceptors (Lipinski definition) is 0. The second kappa shape index (κ2) is 41.5. The van der Waals surface area contributed by atoms with Gasteiger partial charge in [-0.1, -0.05) is 256 Å². The fourth-order valence-corrected chi connectivity index (χ4v) is 6.92. The largest absolute Gasteiger partial charge is 0.0843 e. The van der Waals surface area contributed by atoms with Gasteiger partial charge in [-0.3, -0.25) is 0 Å². The SMILES string of the molecule is CCCCCCCCCCCCCCCCCCCC=CC(=CCCCCCCCCCCCCCCCCCCC)CCC. The van der Waals surface area contributed by atoms with Crippen molar-refractivity contribution in [1.82, 2.24) is 0 Å². The van der Waals surface area contributed by atoms with Crippen LogP contribution in [-0.4, -0.2) is 0 Å². The third kappa shape index (κ3) is 39.6. The van der Waals surface area contributed by atoms with Crippen molar-refractivity contribution in [2.45, 2.75) is 265 Å². The van der Waals surface area contributed by atoms with Crippen LogP contribution in [0.3, 0.4) is 0 Å². The molecule has 0 radical (unpaired) electrons. The van der Waals surface area contributed by atoms with Crippen molar-refractivity contribution in [2.75, 3.05) is 0 Å². The Bertz CT molecular complexity index is 569. The van der Waals surface area contributed by atoms with E-state index in [1.54, 1.807) is 5.57 Å². The van der Waals surface area contributed by atoms with Gasteiger partial charge < -0.3 is 0 Å². The van der Waals surface area contributed by atoms with Crippen LogP contribution in [0.2, 0.25) is 0 Å². The summed E-state index contributed by atoms with van der Waals surface area (Å²) < 4.78 is 0. The Balaban J connectivity index is 3.47. The van der Waals surface area contributed by atoms with E-state index in [0.29, 0.717) is 0 Å². The summed E-state index contributed by atoms with van der Waals surface area (Å²) in [5.74, 6) is 0. The van der Waals surface area contributed by atoms with Crippen molar-refractivity contribution in [3.05, 3.63) is 23.8 Å². The third-order valence-electron chi connectivity index (χ3n) is 10.1. The van der Waals surface area contributed by atoms with E-state index in [1.807, 2.05) is 0 Å². The summed E-state index contributed by atoms with van der Waals surface area (Å²) in [6, 6.07) is 0. The van der Waals surface area contributed by atoms with Gasteiger partial charge in [0.2, 0.25) is 0 Å². The van der Waals surface area contributed by atoms with Crippen LogP contribution in [-0.2, 0) is 0 Å². The average Bonchev–Trinajstić information content (AvgIpc) is 3.05. The van der Waals surface area contributed by atoms with Crippen molar-refractivity contribution in [3.8, 4) is 0 Å². The average molecular weight is 629 g/mol. The normalized spacial score (nSPS) is 12.2. The van der Waals surface area contributed by atoms with E-state index < -0.39 is 0 Å². The molecule has 0 heteroatoms. The van der Waals surface area contributed by atoms with Crippen LogP contribution >= 0.6 is 0 Å². The maximum Gasteiger partial charge on any atom is -0.0285 e. The molecule has 0 fully saturated rings. The lowest BCUT2D eigenvalue weighted by Crippen LogP contribution is -1.84. The minimum Gasteiger partial charge on any atom is -0.0843 e. The van der Waals surface area contributed by atoms with Crippen LogP contribution in [0.5, 0.6) is 0 Å². The predicted molar refractivity (Wildman–Crippen MR) is 210 cm³/mol. The number of allylic oxidation sites excluding steroid dienone is 4. The molecule has 0 atom stereocenters. The van der Waals surface area contributed by atoms with Gasteiger partial charge in [-0.25, -0.2) is 0 Å². The van der Waals surface area contributed by atoms with Crippen molar-refractivity contribution < 1.29 is 0 Å². The second-order valence-corrected chi connectivity index (χ2v) is 14.8. The first kappa shape index (κ1) is 44.5. The van der Waals surface area contributed by atoms with Gasteiger partial charge in [0.1, 0.15) is 0 Å². The third-order valence-corrected chi connectivity index (χ3v) is 10.1.